The van der Waals surface area contributed by atoms with E-state index < -0.39 is 21.0 Å². The number of sulfone groups is 1. The quantitative estimate of drug-likeness (QED) is 0.199. The lowest BCUT2D eigenvalue weighted by molar-refractivity contribution is -0.116. The summed E-state index contributed by atoms with van der Waals surface area (Å²) in [5.74, 6) is -0.342. The number of pyridine rings is 2. The third kappa shape index (κ3) is 5.77. The number of anilines is 1. The first kappa shape index (κ1) is 29.0. The molecular formula is C30H28FN9O3S. The van der Waals surface area contributed by atoms with E-state index in [1.807, 2.05) is 38.4 Å². The molecule has 1 atom stereocenters. The monoisotopic (exact) mass is 613 g/mol. The van der Waals surface area contributed by atoms with Crippen LogP contribution in [-0.4, -0.2) is 76.3 Å². The van der Waals surface area contributed by atoms with Gasteiger partial charge in [-0.3, -0.25) is 19.9 Å². The van der Waals surface area contributed by atoms with Gasteiger partial charge in [-0.15, -0.1) is 0 Å². The van der Waals surface area contributed by atoms with Gasteiger partial charge in [0.25, 0.3) is 0 Å². The van der Waals surface area contributed by atoms with E-state index >= 15 is 0 Å². The average Bonchev–Trinajstić information content (AvgIpc) is 3.59. The van der Waals surface area contributed by atoms with E-state index in [2.05, 4.69) is 30.5 Å². The first-order chi connectivity index (χ1) is 21.0. The summed E-state index contributed by atoms with van der Waals surface area (Å²) in [5.41, 5.74) is 11.3. The molecule has 0 bridgehead atoms. The summed E-state index contributed by atoms with van der Waals surface area (Å²) in [6.45, 7) is 0.248. The Hall–Kier alpha value is -5.05. The Morgan fingerprint density at radius 2 is 1.84 bits per heavy atom. The Morgan fingerprint density at radius 1 is 1.02 bits per heavy atom. The third-order valence-corrected chi connectivity index (χ3v) is 8.18. The molecule has 4 aromatic heterocycles. The van der Waals surface area contributed by atoms with Crippen molar-refractivity contribution in [3.05, 3.63) is 78.5 Å². The molecule has 0 saturated heterocycles. The zero-order valence-electron chi connectivity index (χ0n) is 24.0. The number of hydrogen-bond donors (Lipinski definition) is 4. The number of amides is 1. The normalized spacial score (nSPS) is 12.7. The highest BCUT2D eigenvalue weighted by atomic mass is 32.2. The van der Waals surface area contributed by atoms with Gasteiger partial charge in [0.05, 0.1) is 35.2 Å². The van der Waals surface area contributed by atoms with Gasteiger partial charge in [-0.05, 0) is 67.7 Å². The summed E-state index contributed by atoms with van der Waals surface area (Å²) >= 11 is 0. The van der Waals surface area contributed by atoms with Crippen LogP contribution >= 0.6 is 0 Å². The molecule has 0 aliphatic heterocycles. The van der Waals surface area contributed by atoms with Gasteiger partial charge in [-0.1, -0.05) is 6.07 Å². The summed E-state index contributed by atoms with van der Waals surface area (Å²) < 4.78 is 38.7. The second kappa shape index (κ2) is 11.2. The Bertz CT molecular complexity index is 2160. The summed E-state index contributed by atoms with van der Waals surface area (Å²) in [7, 11) is -0.0236. The van der Waals surface area contributed by atoms with E-state index in [4.69, 9.17) is 10.7 Å². The third-order valence-electron chi connectivity index (χ3n) is 6.99. The number of H-pyrrole nitrogens is 2. The second-order valence-electron chi connectivity index (χ2n) is 10.7. The van der Waals surface area contributed by atoms with Crippen LogP contribution in [0.1, 0.15) is 10.9 Å². The van der Waals surface area contributed by atoms with Crippen LogP contribution in [0, 0.1) is 5.82 Å². The summed E-state index contributed by atoms with van der Waals surface area (Å²) in [6.07, 6.45) is 5.86. The minimum absolute atomic E-state index is 0.110. The number of carbonyl (C=O) groups is 1. The number of nitrogens with zero attached hydrogens (tertiary/aromatic N) is 5. The van der Waals surface area contributed by atoms with E-state index in [0.29, 0.717) is 39.5 Å². The molecule has 0 aliphatic rings. The van der Waals surface area contributed by atoms with Crippen molar-refractivity contribution in [1.82, 2.24) is 35.0 Å². The van der Waals surface area contributed by atoms with Gasteiger partial charge < -0.3 is 20.9 Å². The van der Waals surface area contributed by atoms with Crippen LogP contribution < -0.4 is 11.1 Å². The lowest BCUT2D eigenvalue weighted by Crippen LogP contribution is -2.27. The standard InChI is InChI=1S/C30H28FN9O3S/c1-40(2)15-25(41)35-21-11-19(13-33-14-21)16-4-5-23-22(12-16)27(39-38-23)30-36-24-6-7-34-26(28(24)37-30)17-8-18(10-20(31)9-17)29(32)44(3,42)43/h4-14,29H,15,32H2,1-3H3,(H,35,41)(H,36,37)(H,38,39). The highest BCUT2D eigenvalue weighted by Crippen LogP contribution is 2.34. The van der Waals surface area contributed by atoms with Crippen LogP contribution in [0.3, 0.4) is 0 Å². The molecule has 6 aromatic rings. The number of rotatable bonds is 8. The summed E-state index contributed by atoms with van der Waals surface area (Å²) in [5, 5.41) is 9.79. The van der Waals surface area contributed by atoms with Crippen molar-refractivity contribution < 1.29 is 17.6 Å². The van der Waals surface area contributed by atoms with Crippen LogP contribution in [-0.2, 0) is 14.6 Å². The largest absolute Gasteiger partial charge is 0.336 e. The number of aromatic amines is 2. The lowest BCUT2D eigenvalue weighted by atomic mass is 10.0. The second-order valence-corrected chi connectivity index (χ2v) is 12.9. The number of hydrogen-bond acceptors (Lipinski definition) is 9. The zero-order chi connectivity index (χ0) is 31.2. The Kier molecular flexibility index (Phi) is 7.41. The molecule has 14 heteroatoms. The molecule has 2 aromatic carbocycles. The Balaban J connectivity index is 1.39. The number of nitrogens with one attached hydrogen (secondary N) is 3. The summed E-state index contributed by atoms with van der Waals surface area (Å²) in [6, 6.07) is 13.2. The molecule has 1 amide bonds. The number of likely N-dealkylation sites (N-methyl/N-ethyl adjacent to an activating group) is 1. The van der Waals surface area contributed by atoms with Crippen LogP contribution in [0.2, 0.25) is 0 Å². The van der Waals surface area contributed by atoms with Crippen molar-refractivity contribution in [2.24, 2.45) is 5.73 Å². The molecule has 0 radical (unpaired) electrons. The molecule has 5 N–H and O–H groups in total. The van der Waals surface area contributed by atoms with Gasteiger partial charge >= 0.3 is 0 Å². The average molecular weight is 614 g/mol. The lowest BCUT2D eigenvalue weighted by Gasteiger charge is -2.12. The van der Waals surface area contributed by atoms with Crippen LogP contribution in [0.4, 0.5) is 10.1 Å². The first-order valence-electron chi connectivity index (χ1n) is 13.4. The molecule has 12 nitrogen and oxygen atoms in total. The van der Waals surface area contributed by atoms with Gasteiger partial charge in [-0.2, -0.15) is 5.10 Å². The van der Waals surface area contributed by atoms with E-state index in [9.17, 15) is 17.6 Å². The molecule has 6 rings (SSSR count). The number of imidazole rings is 1. The topological polar surface area (TPSA) is 176 Å². The number of halogens is 1. The molecule has 224 valence electrons. The maximum atomic E-state index is 14.6. The molecule has 44 heavy (non-hydrogen) atoms. The van der Waals surface area contributed by atoms with Gasteiger partial charge in [-0.25, -0.2) is 17.8 Å². The van der Waals surface area contributed by atoms with Crippen molar-refractivity contribution in [2.75, 3.05) is 32.2 Å². The van der Waals surface area contributed by atoms with Crippen LogP contribution in [0.5, 0.6) is 0 Å². The number of nitrogens with two attached hydrogens (primary N) is 1. The number of aromatic nitrogens is 6. The fourth-order valence-electron chi connectivity index (χ4n) is 4.95. The van der Waals surface area contributed by atoms with Crippen LogP contribution in [0.15, 0.2) is 67.1 Å². The van der Waals surface area contributed by atoms with E-state index in [0.717, 1.165) is 34.4 Å². The predicted octanol–water partition coefficient (Wildman–Crippen LogP) is 3.87. The molecule has 0 saturated carbocycles. The van der Waals surface area contributed by atoms with E-state index in [1.54, 1.807) is 29.6 Å². The highest BCUT2D eigenvalue weighted by Gasteiger charge is 2.22. The van der Waals surface area contributed by atoms with Crippen molar-refractivity contribution in [3.63, 3.8) is 0 Å². The molecule has 0 fully saturated rings. The van der Waals surface area contributed by atoms with Gasteiger partial charge in [0, 0.05) is 35.2 Å². The maximum Gasteiger partial charge on any atom is 0.238 e. The number of benzene rings is 2. The molecular weight excluding hydrogens is 585 g/mol. The number of fused-ring (bicyclic) bond motifs is 2. The first-order valence-corrected chi connectivity index (χ1v) is 15.4. The highest BCUT2D eigenvalue weighted by molar-refractivity contribution is 7.90. The minimum atomic E-state index is -3.66. The molecule has 0 spiro atoms. The fraction of sp³-hybridized carbons (Fsp3) is 0.167. The smallest absolute Gasteiger partial charge is 0.238 e. The Labute approximate surface area is 251 Å². The zero-order valence-corrected chi connectivity index (χ0v) is 24.8. The molecule has 1 unspecified atom stereocenters. The molecule has 4 heterocycles. The van der Waals surface area contributed by atoms with Gasteiger partial charge in [0.1, 0.15) is 22.4 Å². The Morgan fingerprint density at radius 3 is 2.61 bits per heavy atom. The predicted molar refractivity (Wildman–Crippen MR) is 167 cm³/mol. The fourth-order valence-corrected chi connectivity index (χ4v) is 5.58. The minimum Gasteiger partial charge on any atom is -0.336 e. The van der Waals surface area contributed by atoms with Crippen molar-refractivity contribution >= 4 is 43.4 Å². The SMILES string of the molecule is CN(C)CC(=O)Nc1cncc(-c2ccc3[nH]nc(-c4nc5c(-c6cc(F)cc(C(N)S(C)(=O)=O)c6)nccc5[nH]4)c3c2)c1. The number of carbonyl (C=O) groups excluding carboxylic acids is 1. The van der Waals surface area contributed by atoms with Crippen molar-refractivity contribution in [3.8, 4) is 33.9 Å². The summed E-state index contributed by atoms with van der Waals surface area (Å²) in [4.78, 5) is 30.8. The van der Waals surface area contributed by atoms with Crippen molar-refractivity contribution in [2.45, 2.75) is 5.37 Å². The van der Waals surface area contributed by atoms with Gasteiger partial charge in [0.15, 0.2) is 15.7 Å². The van der Waals surface area contributed by atoms with Gasteiger partial charge in [0.2, 0.25) is 5.91 Å². The van der Waals surface area contributed by atoms with E-state index in [-0.39, 0.29) is 18.0 Å². The van der Waals surface area contributed by atoms with Crippen LogP contribution in [0.25, 0.3) is 55.8 Å². The molecule has 0 aliphatic carbocycles. The maximum absolute atomic E-state index is 14.6. The van der Waals surface area contributed by atoms with Crippen molar-refractivity contribution in [1.29, 1.82) is 0 Å². The van der Waals surface area contributed by atoms with E-state index in [1.165, 1.54) is 12.1 Å².